The molecule has 2 aromatic heterocycles. The molecule has 0 aromatic carbocycles. The van der Waals surface area contributed by atoms with Crippen LogP contribution in [0.4, 0.5) is 10.1 Å². The van der Waals surface area contributed by atoms with Gasteiger partial charge < -0.3 is 5.32 Å². The third-order valence-electron chi connectivity index (χ3n) is 2.55. The maximum absolute atomic E-state index is 12.6. The summed E-state index contributed by atoms with van der Waals surface area (Å²) in [6.07, 6.45) is 3.29. The van der Waals surface area contributed by atoms with Crippen LogP contribution >= 0.6 is 0 Å². The maximum atomic E-state index is 12.6. The summed E-state index contributed by atoms with van der Waals surface area (Å²) in [6.45, 7) is 2.67. The summed E-state index contributed by atoms with van der Waals surface area (Å²) < 4.78 is 14.4. The van der Waals surface area contributed by atoms with E-state index in [2.05, 4.69) is 15.4 Å². The van der Waals surface area contributed by atoms with Gasteiger partial charge in [0.15, 0.2) is 0 Å². The van der Waals surface area contributed by atoms with Gasteiger partial charge in [0.2, 0.25) is 5.95 Å². The molecular weight excluding hydrogens is 207 g/mol. The first-order chi connectivity index (χ1) is 7.66. The van der Waals surface area contributed by atoms with Crippen molar-refractivity contribution in [3.63, 3.8) is 0 Å². The van der Waals surface area contributed by atoms with Gasteiger partial charge in [0, 0.05) is 24.8 Å². The monoisotopic (exact) mass is 220 g/mol. The molecule has 0 saturated heterocycles. The lowest BCUT2D eigenvalue weighted by Crippen LogP contribution is -2.01. The van der Waals surface area contributed by atoms with Crippen molar-refractivity contribution in [2.24, 2.45) is 7.05 Å². The van der Waals surface area contributed by atoms with Gasteiger partial charge in [-0.15, -0.1) is 0 Å². The van der Waals surface area contributed by atoms with E-state index in [1.807, 2.05) is 24.9 Å². The van der Waals surface area contributed by atoms with E-state index in [1.165, 1.54) is 12.3 Å². The van der Waals surface area contributed by atoms with Crippen LogP contribution in [-0.2, 0) is 13.6 Å². The molecule has 4 nitrogen and oxygen atoms in total. The van der Waals surface area contributed by atoms with E-state index in [4.69, 9.17) is 0 Å². The van der Waals surface area contributed by atoms with Crippen molar-refractivity contribution in [3.8, 4) is 0 Å². The Balaban J connectivity index is 2.02. The molecule has 0 radical (unpaired) electrons. The third kappa shape index (κ3) is 2.18. The molecule has 0 aliphatic rings. The molecule has 0 aliphatic heterocycles. The summed E-state index contributed by atoms with van der Waals surface area (Å²) in [6, 6.07) is 2.99. The SMILES string of the molecule is Cc1c(CNc2ccc(F)nc2)cnn1C. The van der Waals surface area contributed by atoms with Gasteiger partial charge in [0.05, 0.1) is 18.1 Å². The van der Waals surface area contributed by atoms with Crippen LogP contribution < -0.4 is 5.32 Å². The van der Waals surface area contributed by atoms with Crippen molar-refractivity contribution in [1.29, 1.82) is 0 Å². The molecule has 0 amide bonds. The third-order valence-corrected chi connectivity index (χ3v) is 2.55. The fraction of sp³-hybridized carbons (Fsp3) is 0.273. The number of hydrogen-bond donors (Lipinski definition) is 1. The largest absolute Gasteiger partial charge is 0.380 e. The van der Waals surface area contributed by atoms with Crippen LogP contribution in [0.2, 0.25) is 0 Å². The molecule has 0 aliphatic carbocycles. The van der Waals surface area contributed by atoms with Crippen molar-refractivity contribution in [1.82, 2.24) is 14.8 Å². The molecule has 84 valence electrons. The van der Waals surface area contributed by atoms with Crippen molar-refractivity contribution < 1.29 is 4.39 Å². The minimum atomic E-state index is -0.469. The Morgan fingerprint density at radius 3 is 2.75 bits per heavy atom. The van der Waals surface area contributed by atoms with Crippen LogP contribution in [-0.4, -0.2) is 14.8 Å². The lowest BCUT2D eigenvalue weighted by molar-refractivity contribution is 0.584. The van der Waals surface area contributed by atoms with Crippen molar-refractivity contribution >= 4 is 5.69 Å². The van der Waals surface area contributed by atoms with Gasteiger partial charge >= 0.3 is 0 Å². The highest BCUT2D eigenvalue weighted by molar-refractivity contribution is 5.40. The number of aryl methyl sites for hydroxylation is 1. The van der Waals surface area contributed by atoms with Gasteiger partial charge in [-0.2, -0.15) is 9.49 Å². The van der Waals surface area contributed by atoms with E-state index in [9.17, 15) is 4.39 Å². The lowest BCUT2D eigenvalue weighted by Gasteiger charge is -2.05. The number of nitrogens with one attached hydrogen (secondary N) is 1. The lowest BCUT2D eigenvalue weighted by atomic mass is 10.2. The molecule has 16 heavy (non-hydrogen) atoms. The van der Waals surface area contributed by atoms with E-state index < -0.39 is 5.95 Å². The summed E-state index contributed by atoms with van der Waals surface area (Å²) in [7, 11) is 1.90. The number of nitrogens with zero attached hydrogens (tertiary/aromatic N) is 3. The number of hydrogen-bond acceptors (Lipinski definition) is 3. The van der Waals surface area contributed by atoms with Crippen LogP contribution in [0.5, 0.6) is 0 Å². The Morgan fingerprint density at radius 2 is 2.19 bits per heavy atom. The zero-order valence-corrected chi connectivity index (χ0v) is 9.24. The average Bonchev–Trinajstić information content (AvgIpc) is 2.60. The predicted molar refractivity (Wildman–Crippen MR) is 59.5 cm³/mol. The number of aromatic nitrogens is 3. The summed E-state index contributed by atoms with van der Waals surface area (Å²) in [5.74, 6) is -0.469. The Bertz CT molecular complexity index is 475. The fourth-order valence-corrected chi connectivity index (χ4v) is 1.40. The molecule has 0 spiro atoms. The standard InChI is InChI=1S/C11H13FN4/c1-8-9(6-15-16(8)2)5-13-10-3-4-11(12)14-7-10/h3-4,6-7,13H,5H2,1-2H3. The first-order valence-corrected chi connectivity index (χ1v) is 4.99. The van der Waals surface area contributed by atoms with Gasteiger partial charge in [-0.1, -0.05) is 0 Å². The van der Waals surface area contributed by atoms with Crippen LogP contribution in [0, 0.1) is 12.9 Å². The molecule has 0 fully saturated rings. The first-order valence-electron chi connectivity index (χ1n) is 4.99. The summed E-state index contributed by atoms with van der Waals surface area (Å²) in [5.41, 5.74) is 3.03. The normalized spacial score (nSPS) is 10.4. The van der Waals surface area contributed by atoms with Crippen molar-refractivity contribution in [2.45, 2.75) is 13.5 Å². The number of rotatable bonds is 3. The van der Waals surface area contributed by atoms with Crippen LogP contribution in [0.15, 0.2) is 24.5 Å². The highest BCUT2D eigenvalue weighted by Crippen LogP contribution is 2.10. The average molecular weight is 220 g/mol. The molecular formula is C11H13FN4. The minimum absolute atomic E-state index is 0.469. The van der Waals surface area contributed by atoms with Gasteiger partial charge in [0.25, 0.3) is 0 Å². The van der Waals surface area contributed by atoms with Gasteiger partial charge in [-0.3, -0.25) is 4.68 Å². The topological polar surface area (TPSA) is 42.7 Å². The van der Waals surface area contributed by atoms with Crippen LogP contribution in [0.25, 0.3) is 0 Å². The minimum Gasteiger partial charge on any atom is -0.380 e. The second kappa shape index (κ2) is 4.30. The second-order valence-electron chi connectivity index (χ2n) is 3.60. The molecule has 5 heteroatoms. The van der Waals surface area contributed by atoms with E-state index >= 15 is 0 Å². The molecule has 0 bridgehead atoms. The molecule has 0 saturated carbocycles. The first kappa shape index (κ1) is 10.6. The van der Waals surface area contributed by atoms with Crippen LogP contribution in [0.1, 0.15) is 11.3 Å². The second-order valence-corrected chi connectivity index (χ2v) is 3.60. The Hall–Kier alpha value is -1.91. The number of halogens is 1. The Kier molecular flexibility index (Phi) is 2.85. The highest BCUT2D eigenvalue weighted by Gasteiger charge is 2.03. The molecule has 1 N–H and O–H groups in total. The van der Waals surface area contributed by atoms with Crippen molar-refractivity contribution in [3.05, 3.63) is 41.7 Å². The molecule has 2 aromatic rings. The van der Waals surface area contributed by atoms with Gasteiger partial charge in [0.1, 0.15) is 0 Å². The van der Waals surface area contributed by atoms with E-state index in [1.54, 1.807) is 6.07 Å². The summed E-state index contributed by atoms with van der Waals surface area (Å²) >= 11 is 0. The van der Waals surface area contributed by atoms with E-state index in [0.717, 1.165) is 16.9 Å². The predicted octanol–water partition coefficient (Wildman–Crippen LogP) is 1.87. The maximum Gasteiger partial charge on any atom is 0.212 e. The molecule has 0 unspecified atom stereocenters. The number of anilines is 1. The smallest absolute Gasteiger partial charge is 0.212 e. The zero-order valence-electron chi connectivity index (χ0n) is 9.24. The van der Waals surface area contributed by atoms with E-state index in [0.29, 0.717) is 6.54 Å². The summed E-state index contributed by atoms with van der Waals surface area (Å²) in [5, 5.41) is 7.30. The van der Waals surface area contributed by atoms with Gasteiger partial charge in [-0.05, 0) is 19.1 Å². The molecule has 2 rings (SSSR count). The van der Waals surface area contributed by atoms with Gasteiger partial charge in [-0.25, -0.2) is 4.98 Å². The quantitative estimate of drug-likeness (QED) is 0.803. The highest BCUT2D eigenvalue weighted by atomic mass is 19.1. The fourth-order valence-electron chi connectivity index (χ4n) is 1.40. The zero-order chi connectivity index (χ0) is 11.5. The number of pyridine rings is 1. The molecule has 0 atom stereocenters. The summed E-state index contributed by atoms with van der Waals surface area (Å²) in [4.78, 5) is 3.57. The van der Waals surface area contributed by atoms with Crippen LogP contribution in [0.3, 0.4) is 0 Å². The van der Waals surface area contributed by atoms with E-state index in [-0.39, 0.29) is 0 Å². The Labute approximate surface area is 93.1 Å². The Morgan fingerprint density at radius 1 is 1.38 bits per heavy atom. The molecule has 2 heterocycles. The van der Waals surface area contributed by atoms with Crippen molar-refractivity contribution in [2.75, 3.05) is 5.32 Å².